The first-order chi connectivity index (χ1) is 13.7. The van der Waals surface area contributed by atoms with Crippen molar-refractivity contribution in [1.82, 2.24) is 15.2 Å². The molecular weight excluding hydrogens is 398 g/mol. The van der Waals surface area contributed by atoms with Crippen molar-refractivity contribution < 1.29 is 9.66 Å². The fourth-order valence-corrected chi connectivity index (χ4v) is 4.54. The van der Waals surface area contributed by atoms with Crippen molar-refractivity contribution in [3.05, 3.63) is 52.6 Å². The molecule has 1 aliphatic heterocycles. The van der Waals surface area contributed by atoms with Gasteiger partial charge < -0.3 is 10.1 Å². The Bertz CT molecular complexity index is 961. The Balaban J connectivity index is 1.49. The number of anilines is 1. The van der Waals surface area contributed by atoms with Gasteiger partial charge in [-0.2, -0.15) is 0 Å². The van der Waals surface area contributed by atoms with E-state index in [1.807, 2.05) is 30.3 Å². The third-order valence-electron chi connectivity index (χ3n) is 4.20. The molecule has 10 heteroatoms. The highest BCUT2D eigenvalue weighted by molar-refractivity contribution is 8.01. The monoisotopic (exact) mass is 415 g/mol. The molecule has 3 heterocycles. The summed E-state index contributed by atoms with van der Waals surface area (Å²) in [5.41, 5.74) is 1.02. The van der Waals surface area contributed by atoms with Crippen LogP contribution in [0, 0.1) is 10.1 Å². The second kappa shape index (κ2) is 8.63. The molecule has 0 spiro atoms. The third kappa shape index (κ3) is 4.46. The molecule has 1 N–H and O–H groups in total. The van der Waals surface area contributed by atoms with Crippen molar-refractivity contribution in [2.24, 2.45) is 0 Å². The smallest absolute Gasteiger partial charge is 0.295 e. The van der Waals surface area contributed by atoms with Crippen LogP contribution in [0.2, 0.25) is 0 Å². The highest BCUT2D eigenvalue weighted by atomic mass is 32.2. The molecule has 0 radical (unpaired) electrons. The van der Waals surface area contributed by atoms with Crippen LogP contribution in [0.3, 0.4) is 0 Å². The van der Waals surface area contributed by atoms with Gasteiger partial charge in [-0.05, 0) is 30.7 Å². The summed E-state index contributed by atoms with van der Waals surface area (Å²) in [4.78, 5) is 15.5. The van der Waals surface area contributed by atoms with Crippen molar-refractivity contribution in [3.63, 3.8) is 0 Å². The molecule has 4 rings (SSSR count). The summed E-state index contributed by atoms with van der Waals surface area (Å²) in [6, 6.07) is 12.3. The van der Waals surface area contributed by atoms with Crippen LogP contribution in [0.15, 0.2) is 51.8 Å². The lowest BCUT2D eigenvalue weighted by Crippen LogP contribution is -2.18. The molecule has 0 bridgehead atoms. The number of ether oxygens (including phenoxy) is 1. The molecule has 1 unspecified atom stereocenters. The normalized spacial score (nSPS) is 16.2. The molecule has 1 atom stereocenters. The van der Waals surface area contributed by atoms with Crippen molar-refractivity contribution in [2.45, 2.75) is 28.3 Å². The van der Waals surface area contributed by atoms with Gasteiger partial charge >= 0.3 is 0 Å². The average Bonchev–Trinajstić information content (AvgIpc) is 3.39. The SMILES string of the molecule is O=[N+]([O-])c1ccc(Sc2nnc(NCC3CCCO3)s2)nc1-c1ccccc1. The Morgan fingerprint density at radius 2 is 2.11 bits per heavy atom. The number of aromatic nitrogens is 3. The van der Waals surface area contributed by atoms with Gasteiger partial charge in [0.25, 0.3) is 5.69 Å². The lowest BCUT2D eigenvalue weighted by atomic mass is 10.1. The zero-order valence-electron chi connectivity index (χ0n) is 14.8. The van der Waals surface area contributed by atoms with E-state index in [1.165, 1.54) is 29.2 Å². The number of pyridine rings is 1. The van der Waals surface area contributed by atoms with Gasteiger partial charge in [0.2, 0.25) is 5.13 Å². The van der Waals surface area contributed by atoms with Crippen molar-refractivity contribution in [2.75, 3.05) is 18.5 Å². The number of hydrogen-bond acceptors (Lipinski definition) is 9. The van der Waals surface area contributed by atoms with Crippen LogP contribution in [-0.2, 0) is 4.74 Å². The van der Waals surface area contributed by atoms with E-state index in [2.05, 4.69) is 20.5 Å². The zero-order chi connectivity index (χ0) is 19.3. The van der Waals surface area contributed by atoms with Crippen LogP contribution in [0.25, 0.3) is 11.3 Å². The number of nitrogens with one attached hydrogen (secondary N) is 1. The molecule has 0 aliphatic carbocycles. The van der Waals surface area contributed by atoms with Crippen LogP contribution >= 0.6 is 23.1 Å². The summed E-state index contributed by atoms with van der Waals surface area (Å²) in [5, 5.41) is 24.3. The number of benzene rings is 1. The predicted molar refractivity (Wildman–Crippen MR) is 108 cm³/mol. The van der Waals surface area contributed by atoms with E-state index < -0.39 is 4.92 Å². The first-order valence-corrected chi connectivity index (χ1v) is 10.4. The van der Waals surface area contributed by atoms with Crippen LogP contribution in [0.4, 0.5) is 10.8 Å². The molecule has 8 nitrogen and oxygen atoms in total. The lowest BCUT2D eigenvalue weighted by Gasteiger charge is -2.08. The Morgan fingerprint density at radius 1 is 1.25 bits per heavy atom. The van der Waals surface area contributed by atoms with E-state index in [1.54, 1.807) is 6.07 Å². The largest absolute Gasteiger partial charge is 0.376 e. The molecule has 2 aromatic heterocycles. The fourth-order valence-electron chi connectivity index (χ4n) is 2.86. The first-order valence-electron chi connectivity index (χ1n) is 8.77. The van der Waals surface area contributed by atoms with E-state index in [0.717, 1.165) is 28.9 Å². The summed E-state index contributed by atoms with van der Waals surface area (Å²) in [5.74, 6) is 0. The van der Waals surface area contributed by atoms with E-state index in [9.17, 15) is 10.1 Å². The Hall–Kier alpha value is -2.56. The van der Waals surface area contributed by atoms with Gasteiger partial charge in [0.05, 0.1) is 11.0 Å². The second-order valence-electron chi connectivity index (χ2n) is 6.13. The van der Waals surface area contributed by atoms with E-state index in [0.29, 0.717) is 22.8 Å². The van der Waals surface area contributed by atoms with Crippen molar-refractivity contribution in [1.29, 1.82) is 0 Å². The Morgan fingerprint density at radius 3 is 2.86 bits per heavy atom. The van der Waals surface area contributed by atoms with Gasteiger partial charge in [-0.3, -0.25) is 10.1 Å². The van der Waals surface area contributed by atoms with Gasteiger partial charge in [-0.25, -0.2) is 4.98 Å². The van der Waals surface area contributed by atoms with Crippen LogP contribution in [0.5, 0.6) is 0 Å². The maximum Gasteiger partial charge on any atom is 0.295 e. The molecule has 3 aromatic rings. The minimum Gasteiger partial charge on any atom is -0.376 e. The summed E-state index contributed by atoms with van der Waals surface area (Å²) in [7, 11) is 0. The molecule has 144 valence electrons. The number of nitrogens with zero attached hydrogens (tertiary/aromatic N) is 4. The maximum atomic E-state index is 11.4. The van der Waals surface area contributed by atoms with E-state index in [4.69, 9.17) is 4.74 Å². The summed E-state index contributed by atoms with van der Waals surface area (Å²) < 4.78 is 6.30. The van der Waals surface area contributed by atoms with Gasteiger partial charge in [-0.15, -0.1) is 10.2 Å². The van der Waals surface area contributed by atoms with Gasteiger partial charge in [0, 0.05) is 24.8 Å². The van der Waals surface area contributed by atoms with Crippen molar-refractivity contribution in [3.8, 4) is 11.3 Å². The fraction of sp³-hybridized carbons (Fsp3) is 0.278. The predicted octanol–water partition coefficient (Wildman–Crippen LogP) is 4.25. The molecule has 0 amide bonds. The highest BCUT2D eigenvalue weighted by Gasteiger charge is 2.19. The van der Waals surface area contributed by atoms with Gasteiger partial charge in [-0.1, -0.05) is 41.7 Å². The standard InChI is InChI=1S/C18H17N5O3S2/c24-23(25)14-8-9-15(20-16(14)12-5-2-1-3-6-12)27-18-22-21-17(28-18)19-11-13-7-4-10-26-13/h1-3,5-6,8-9,13H,4,7,10-11H2,(H,19,21). The third-order valence-corrected chi connectivity index (χ3v) is 6.06. The quantitative estimate of drug-likeness (QED) is 0.451. The minimum absolute atomic E-state index is 0.0215. The number of rotatable bonds is 7. The first kappa shape index (κ1) is 18.8. The number of nitro groups is 1. The second-order valence-corrected chi connectivity index (χ2v) is 8.38. The van der Waals surface area contributed by atoms with Crippen LogP contribution in [0.1, 0.15) is 12.8 Å². The molecule has 1 saturated heterocycles. The van der Waals surface area contributed by atoms with Crippen LogP contribution in [-0.4, -0.2) is 39.4 Å². The highest BCUT2D eigenvalue weighted by Crippen LogP contribution is 2.35. The molecule has 28 heavy (non-hydrogen) atoms. The molecule has 0 saturated carbocycles. The Kier molecular flexibility index (Phi) is 5.79. The summed E-state index contributed by atoms with van der Waals surface area (Å²) >= 11 is 2.76. The number of hydrogen-bond donors (Lipinski definition) is 1. The lowest BCUT2D eigenvalue weighted by molar-refractivity contribution is -0.384. The van der Waals surface area contributed by atoms with Crippen molar-refractivity contribution >= 4 is 33.9 Å². The van der Waals surface area contributed by atoms with Crippen LogP contribution < -0.4 is 5.32 Å². The molecular formula is C18H17N5O3S2. The van der Waals surface area contributed by atoms with E-state index >= 15 is 0 Å². The van der Waals surface area contributed by atoms with Gasteiger partial charge in [0.15, 0.2) is 4.34 Å². The van der Waals surface area contributed by atoms with E-state index in [-0.39, 0.29) is 11.8 Å². The van der Waals surface area contributed by atoms with Gasteiger partial charge in [0.1, 0.15) is 10.7 Å². The molecule has 1 aromatic carbocycles. The zero-order valence-corrected chi connectivity index (χ0v) is 16.4. The molecule has 1 aliphatic rings. The topological polar surface area (TPSA) is 103 Å². The maximum absolute atomic E-state index is 11.4. The molecule has 1 fully saturated rings. The Labute approximate surface area is 169 Å². The summed E-state index contributed by atoms with van der Waals surface area (Å²) in [6.07, 6.45) is 2.38. The average molecular weight is 416 g/mol. The minimum atomic E-state index is -0.415. The summed E-state index contributed by atoms with van der Waals surface area (Å²) in [6.45, 7) is 1.53.